The van der Waals surface area contributed by atoms with E-state index in [0.29, 0.717) is 11.6 Å². The van der Waals surface area contributed by atoms with Crippen LogP contribution in [0.25, 0.3) is 0 Å². The first-order chi connectivity index (χ1) is 7.31. The van der Waals surface area contributed by atoms with Crippen LogP contribution < -0.4 is 10.6 Å². The van der Waals surface area contributed by atoms with E-state index < -0.39 is 0 Å². The Morgan fingerprint density at radius 2 is 2.33 bits per heavy atom. The third-order valence-electron chi connectivity index (χ3n) is 2.52. The van der Waals surface area contributed by atoms with Gasteiger partial charge in [-0.2, -0.15) is 0 Å². The summed E-state index contributed by atoms with van der Waals surface area (Å²) >= 11 is 5.96. The summed E-state index contributed by atoms with van der Waals surface area (Å²) < 4.78 is 0. The van der Waals surface area contributed by atoms with Gasteiger partial charge in [-0.1, -0.05) is 23.8 Å². The van der Waals surface area contributed by atoms with E-state index in [-0.39, 0.29) is 0 Å². The van der Waals surface area contributed by atoms with Gasteiger partial charge in [0, 0.05) is 25.8 Å². The third kappa shape index (κ3) is 2.30. The van der Waals surface area contributed by atoms with Gasteiger partial charge in [-0.3, -0.25) is 0 Å². The standard InChI is InChI=1S/C11H14ClN3/c12-10-8-14-11(6-9(10)7-13)15-4-2-1-3-5-15/h1-2,6,8H,3-5,7,13H2. The van der Waals surface area contributed by atoms with Gasteiger partial charge in [0.15, 0.2) is 0 Å². The second kappa shape index (κ2) is 4.64. The molecule has 1 aliphatic heterocycles. The molecule has 4 heteroatoms. The highest BCUT2D eigenvalue weighted by molar-refractivity contribution is 6.31. The van der Waals surface area contributed by atoms with E-state index in [1.807, 2.05) is 6.07 Å². The van der Waals surface area contributed by atoms with E-state index in [0.717, 1.165) is 30.9 Å². The number of halogens is 1. The maximum absolute atomic E-state index is 5.96. The second-order valence-corrected chi connectivity index (χ2v) is 3.95. The highest BCUT2D eigenvalue weighted by Crippen LogP contribution is 2.21. The lowest BCUT2D eigenvalue weighted by atomic mass is 10.2. The number of hydrogen-bond acceptors (Lipinski definition) is 3. The summed E-state index contributed by atoms with van der Waals surface area (Å²) in [6.45, 7) is 2.38. The van der Waals surface area contributed by atoms with E-state index in [9.17, 15) is 0 Å². The van der Waals surface area contributed by atoms with Crippen LogP contribution in [0.4, 0.5) is 5.82 Å². The Morgan fingerprint density at radius 1 is 1.47 bits per heavy atom. The van der Waals surface area contributed by atoms with Crippen molar-refractivity contribution in [1.29, 1.82) is 0 Å². The molecule has 80 valence electrons. The van der Waals surface area contributed by atoms with Crippen LogP contribution >= 0.6 is 11.6 Å². The Labute approximate surface area is 94.5 Å². The lowest BCUT2D eigenvalue weighted by molar-refractivity contribution is 0.804. The van der Waals surface area contributed by atoms with Crippen molar-refractivity contribution >= 4 is 17.4 Å². The van der Waals surface area contributed by atoms with Crippen molar-refractivity contribution in [2.45, 2.75) is 13.0 Å². The van der Waals surface area contributed by atoms with Crippen LogP contribution in [0.2, 0.25) is 5.02 Å². The van der Waals surface area contributed by atoms with Gasteiger partial charge in [0.05, 0.1) is 5.02 Å². The fourth-order valence-electron chi connectivity index (χ4n) is 1.65. The first-order valence-corrected chi connectivity index (χ1v) is 5.43. The van der Waals surface area contributed by atoms with Crippen LogP contribution in [0.1, 0.15) is 12.0 Å². The van der Waals surface area contributed by atoms with Crippen molar-refractivity contribution in [2.75, 3.05) is 18.0 Å². The van der Waals surface area contributed by atoms with Crippen LogP contribution in [0.15, 0.2) is 24.4 Å². The maximum Gasteiger partial charge on any atom is 0.129 e. The van der Waals surface area contributed by atoms with Crippen molar-refractivity contribution in [2.24, 2.45) is 5.73 Å². The molecule has 2 heterocycles. The molecule has 15 heavy (non-hydrogen) atoms. The molecule has 2 rings (SSSR count). The minimum atomic E-state index is 0.456. The number of nitrogens with zero attached hydrogens (tertiary/aromatic N) is 2. The van der Waals surface area contributed by atoms with Crippen molar-refractivity contribution in [3.05, 3.63) is 35.0 Å². The molecule has 0 aliphatic carbocycles. The molecule has 0 saturated heterocycles. The monoisotopic (exact) mass is 223 g/mol. The zero-order valence-electron chi connectivity index (χ0n) is 8.49. The smallest absolute Gasteiger partial charge is 0.129 e. The number of rotatable bonds is 2. The van der Waals surface area contributed by atoms with Gasteiger partial charge in [-0.15, -0.1) is 0 Å². The van der Waals surface area contributed by atoms with Crippen molar-refractivity contribution in [3.63, 3.8) is 0 Å². The molecule has 0 bridgehead atoms. The molecule has 0 aromatic carbocycles. The van der Waals surface area contributed by atoms with Crippen LogP contribution in [0, 0.1) is 0 Å². The fourth-order valence-corrected chi connectivity index (χ4v) is 1.83. The van der Waals surface area contributed by atoms with E-state index >= 15 is 0 Å². The first kappa shape index (κ1) is 10.5. The summed E-state index contributed by atoms with van der Waals surface area (Å²) in [6.07, 6.45) is 7.10. The van der Waals surface area contributed by atoms with Crippen molar-refractivity contribution in [3.8, 4) is 0 Å². The Kier molecular flexibility index (Phi) is 3.23. The summed E-state index contributed by atoms with van der Waals surface area (Å²) in [4.78, 5) is 6.53. The molecule has 0 spiro atoms. The fraction of sp³-hybridized carbons (Fsp3) is 0.364. The number of aromatic nitrogens is 1. The molecular formula is C11H14ClN3. The van der Waals surface area contributed by atoms with E-state index in [1.165, 1.54) is 0 Å². The lowest BCUT2D eigenvalue weighted by Gasteiger charge is -2.24. The molecule has 0 fully saturated rings. The van der Waals surface area contributed by atoms with Crippen LogP contribution in [-0.4, -0.2) is 18.1 Å². The largest absolute Gasteiger partial charge is 0.353 e. The highest BCUT2D eigenvalue weighted by atomic mass is 35.5. The number of hydrogen-bond donors (Lipinski definition) is 1. The van der Waals surface area contributed by atoms with Crippen LogP contribution in [0.3, 0.4) is 0 Å². The zero-order valence-corrected chi connectivity index (χ0v) is 9.24. The van der Waals surface area contributed by atoms with E-state index in [4.69, 9.17) is 17.3 Å². The van der Waals surface area contributed by atoms with Crippen LogP contribution in [0.5, 0.6) is 0 Å². The molecule has 1 aromatic heterocycles. The minimum Gasteiger partial charge on any atom is -0.353 e. The van der Waals surface area contributed by atoms with Gasteiger partial charge in [0.2, 0.25) is 0 Å². The Balaban J connectivity index is 2.24. The first-order valence-electron chi connectivity index (χ1n) is 5.05. The molecule has 1 aliphatic rings. The van der Waals surface area contributed by atoms with Gasteiger partial charge in [0.1, 0.15) is 5.82 Å². The second-order valence-electron chi connectivity index (χ2n) is 3.54. The summed E-state index contributed by atoms with van der Waals surface area (Å²) in [5.41, 5.74) is 6.56. The van der Waals surface area contributed by atoms with Crippen LogP contribution in [-0.2, 0) is 6.54 Å². The molecule has 0 unspecified atom stereocenters. The molecule has 0 atom stereocenters. The van der Waals surface area contributed by atoms with E-state index in [2.05, 4.69) is 22.0 Å². The van der Waals surface area contributed by atoms with Gasteiger partial charge < -0.3 is 10.6 Å². The summed E-state index contributed by atoms with van der Waals surface area (Å²) in [7, 11) is 0. The molecule has 1 aromatic rings. The Morgan fingerprint density at radius 3 is 3.00 bits per heavy atom. The third-order valence-corrected chi connectivity index (χ3v) is 2.86. The number of nitrogens with two attached hydrogens (primary N) is 1. The SMILES string of the molecule is NCc1cc(N2CC=CCC2)ncc1Cl. The summed E-state index contributed by atoms with van der Waals surface area (Å²) in [5.74, 6) is 0.962. The predicted molar refractivity (Wildman–Crippen MR) is 63.1 cm³/mol. The predicted octanol–water partition coefficient (Wildman–Crippen LogP) is 1.96. The molecule has 2 N–H and O–H groups in total. The average molecular weight is 224 g/mol. The Hall–Kier alpha value is -1.06. The van der Waals surface area contributed by atoms with Gasteiger partial charge in [0.25, 0.3) is 0 Å². The maximum atomic E-state index is 5.96. The summed E-state index contributed by atoms with van der Waals surface area (Å²) in [5, 5.41) is 0.647. The normalized spacial score (nSPS) is 15.7. The molecule has 0 saturated carbocycles. The van der Waals surface area contributed by atoms with Gasteiger partial charge in [-0.25, -0.2) is 4.98 Å². The average Bonchev–Trinajstić information content (AvgIpc) is 2.31. The van der Waals surface area contributed by atoms with E-state index in [1.54, 1.807) is 6.20 Å². The molecular weight excluding hydrogens is 210 g/mol. The van der Waals surface area contributed by atoms with Crippen molar-refractivity contribution in [1.82, 2.24) is 4.98 Å². The number of pyridine rings is 1. The molecule has 0 radical (unpaired) electrons. The quantitative estimate of drug-likeness (QED) is 0.780. The molecule has 3 nitrogen and oxygen atoms in total. The highest BCUT2D eigenvalue weighted by Gasteiger charge is 2.10. The molecule has 0 amide bonds. The summed E-state index contributed by atoms with van der Waals surface area (Å²) in [6, 6.07) is 1.97. The zero-order chi connectivity index (χ0) is 10.7. The number of anilines is 1. The van der Waals surface area contributed by atoms with Gasteiger partial charge in [-0.05, 0) is 18.1 Å². The lowest BCUT2D eigenvalue weighted by Crippen LogP contribution is -2.27. The Bertz CT molecular complexity index is 376. The minimum absolute atomic E-state index is 0.456. The van der Waals surface area contributed by atoms with Crippen molar-refractivity contribution < 1.29 is 0 Å². The topological polar surface area (TPSA) is 42.1 Å². The van der Waals surface area contributed by atoms with Gasteiger partial charge >= 0.3 is 0 Å².